The fraction of sp³-hybridized carbons (Fsp3) is 0.280. The molecule has 0 atom stereocenters. The van der Waals surface area contributed by atoms with Crippen molar-refractivity contribution in [1.29, 1.82) is 0 Å². The molecule has 0 unspecified atom stereocenters. The molecule has 1 aliphatic heterocycles. The topological polar surface area (TPSA) is 84.6 Å². The summed E-state index contributed by atoms with van der Waals surface area (Å²) in [6, 6.07) is 15.0. The number of ether oxygens (including phenoxy) is 1. The molecule has 0 N–H and O–H groups in total. The summed E-state index contributed by atoms with van der Waals surface area (Å²) in [6.45, 7) is 5.43. The van der Waals surface area contributed by atoms with Crippen LogP contribution in [0.15, 0.2) is 53.1 Å². The molecule has 0 spiro atoms. The quantitative estimate of drug-likeness (QED) is 0.465. The second-order valence-electron chi connectivity index (χ2n) is 8.21. The van der Waals surface area contributed by atoms with Gasteiger partial charge in [-0.1, -0.05) is 23.4 Å². The van der Waals surface area contributed by atoms with Gasteiger partial charge in [0, 0.05) is 25.7 Å². The highest BCUT2D eigenvalue weighted by Crippen LogP contribution is 2.31. The van der Waals surface area contributed by atoms with Gasteiger partial charge >= 0.3 is 0 Å². The van der Waals surface area contributed by atoms with Crippen molar-refractivity contribution < 1.29 is 14.1 Å². The van der Waals surface area contributed by atoms with Crippen molar-refractivity contribution in [3.05, 3.63) is 71.1 Å². The summed E-state index contributed by atoms with van der Waals surface area (Å²) in [7, 11) is 1.99. The summed E-state index contributed by atoms with van der Waals surface area (Å²) >= 11 is 0. The predicted molar refractivity (Wildman–Crippen MR) is 126 cm³/mol. The van der Waals surface area contributed by atoms with Crippen LogP contribution in [0, 0.1) is 13.8 Å². The van der Waals surface area contributed by atoms with E-state index in [1.165, 1.54) is 0 Å². The number of anilines is 2. The maximum atomic E-state index is 13.6. The zero-order valence-electron chi connectivity index (χ0n) is 18.9. The number of nitrogens with zero attached hydrogens (tertiary/aromatic N) is 5. The van der Waals surface area contributed by atoms with Gasteiger partial charge < -0.3 is 14.2 Å². The van der Waals surface area contributed by atoms with Crippen LogP contribution in [0.3, 0.4) is 0 Å². The first-order valence-corrected chi connectivity index (χ1v) is 11.0. The highest BCUT2D eigenvalue weighted by atomic mass is 16.5. The van der Waals surface area contributed by atoms with E-state index in [0.29, 0.717) is 36.1 Å². The Morgan fingerprint density at radius 1 is 1.03 bits per heavy atom. The lowest BCUT2D eigenvalue weighted by Crippen LogP contribution is -2.32. The summed E-state index contributed by atoms with van der Waals surface area (Å²) in [6.07, 6.45) is 0.818. The lowest BCUT2D eigenvalue weighted by Gasteiger charge is -2.23. The molecule has 8 nitrogen and oxygen atoms in total. The second kappa shape index (κ2) is 8.54. The SMILES string of the molecule is Cc1noc(C)c1COc1cccc(C(=O)N2CCCN(C)c3nc4ccccc4nc32)c1. The highest BCUT2D eigenvalue weighted by Gasteiger charge is 2.27. The van der Waals surface area contributed by atoms with E-state index in [-0.39, 0.29) is 5.91 Å². The summed E-state index contributed by atoms with van der Waals surface area (Å²) in [5.41, 5.74) is 3.83. The van der Waals surface area contributed by atoms with E-state index in [4.69, 9.17) is 19.2 Å². The van der Waals surface area contributed by atoms with Crippen LogP contribution >= 0.6 is 0 Å². The van der Waals surface area contributed by atoms with Crippen LogP contribution in [0.5, 0.6) is 5.75 Å². The van der Waals surface area contributed by atoms with Gasteiger partial charge in [-0.25, -0.2) is 9.97 Å². The summed E-state index contributed by atoms with van der Waals surface area (Å²) in [5, 5.41) is 3.96. The summed E-state index contributed by atoms with van der Waals surface area (Å²) in [5.74, 6) is 2.51. The standard InChI is InChI=1S/C25H25N5O3/c1-16-20(17(2)33-28-16)15-32-19-9-6-8-18(14-19)25(31)30-13-7-12-29(3)23-24(30)27-22-11-5-4-10-21(22)26-23/h4-6,8-11,14H,7,12-13,15H2,1-3H3. The third kappa shape index (κ3) is 4.00. The Labute approximate surface area is 191 Å². The summed E-state index contributed by atoms with van der Waals surface area (Å²) in [4.78, 5) is 27.0. The number of hydrogen-bond donors (Lipinski definition) is 0. The number of carbonyl (C=O) groups excluding carboxylic acids is 1. The Morgan fingerprint density at radius 2 is 1.79 bits per heavy atom. The Balaban J connectivity index is 1.45. The molecule has 0 saturated carbocycles. The smallest absolute Gasteiger partial charge is 0.259 e. The van der Waals surface area contributed by atoms with Crippen molar-refractivity contribution >= 4 is 28.6 Å². The largest absolute Gasteiger partial charge is 0.489 e. The minimum Gasteiger partial charge on any atom is -0.489 e. The van der Waals surface area contributed by atoms with E-state index in [2.05, 4.69) is 10.1 Å². The molecular formula is C25H25N5O3. The van der Waals surface area contributed by atoms with Gasteiger partial charge in [0.1, 0.15) is 18.1 Å². The van der Waals surface area contributed by atoms with Crippen LogP contribution in [-0.4, -0.2) is 41.2 Å². The van der Waals surface area contributed by atoms with Crippen LogP contribution in [-0.2, 0) is 6.61 Å². The van der Waals surface area contributed by atoms with Crippen molar-refractivity contribution in [1.82, 2.24) is 15.1 Å². The molecule has 1 aliphatic rings. The fourth-order valence-electron chi connectivity index (χ4n) is 4.03. The number of aryl methyl sites for hydroxylation is 2. The average Bonchev–Trinajstić information content (AvgIpc) is 3.06. The van der Waals surface area contributed by atoms with Crippen LogP contribution in [0.1, 0.15) is 33.8 Å². The molecular weight excluding hydrogens is 418 g/mol. The number of para-hydroxylation sites is 2. The van der Waals surface area contributed by atoms with Gasteiger partial charge in [0.2, 0.25) is 0 Å². The predicted octanol–water partition coefficient (Wildman–Crippen LogP) is 4.30. The molecule has 0 aliphatic carbocycles. The number of benzene rings is 2. The molecule has 0 fully saturated rings. The lowest BCUT2D eigenvalue weighted by atomic mass is 10.1. The van der Waals surface area contributed by atoms with Gasteiger partial charge in [-0.05, 0) is 50.6 Å². The first kappa shape index (κ1) is 20.9. The number of rotatable bonds is 4. The monoisotopic (exact) mass is 443 g/mol. The first-order chi connectivity index (χ1) is 16.0. The molecule has 0 saturated heterocycles. The Hall–Kier alpha value is -3.94. The maximum Gasteiger partial charge on any atom is 0.259 e. The van der Waals surface area contributed by atoms with Gasteiger partial charge in [0.25, 0.3) is 5.91 Å². The fourth-order valence-corrected chi connectivity index (χ4v) is 4.03. The van der Waals surface area contributed by atoms with Crippen molar-refractivity contribution in [3.8, 4) is 5.75 Å². The van der Waals surface area contributed by atoms with Crippen molar-refractivity contribution in [2.75, 3.05) is 29.9 Å². The van der Waals surface area contributed by atoms with Gasteiger partial charge in [0.05, 0.1) is 22.3 Å². The number of hydrogen-bond acceptors (Lipinski definition) is 7. The zero-order chi connectivity index (χ0) is 22.9. The summed E-state index contributed by atoms with van der Waals surface area (Å²) < 4.78 is 11.2. The average molecular weight is 444 g/mol. The van der Waals surface area contributed by atoms with Crippen molar-refractivity contribution in [2.45, 2.75) is 26.9 Å². The number of fused-ring (bicyclic) bond motifs is 2. The van der Waals surface area contributed by atoms with E-state index in [1.807, 2.05) is 57.3 Å². The van der Waals surface area contributed by atoms with E-state index < -0.39 is 0 Å². The molecule has 2 aromatic heterocycles. The van der Waals surface area contributed by atoms with E-state index >= 15 is 0 Å². The molecule has 168 valence electrons. The minimum atomic E-state index is -0.126. The van der Waals surface area contributed by atoms with Crippen LogP contribution in [0.4, 0.5) is 11.6 Å². The molecule has 8 heteroatoms. The minimum absolute atomic E-state index is 0.126. The third-order valence-electron chi connectivity index (χ3n) is 5.92. The maximum absolute atomic E-state index is 13.6. The van der Waals surface area contributed by atoms with Gasteiger partial charge in [-0.3, -0.25) is 9.69 Å². The van der Waals surface area contributed by atoms with E-state index in [1.54, 1.807) is 17.0 Å². The van der Waals surface area contributed by atoms with Gasteiger partial charge in [-0.2, -0.15) is 0 Å². The molecule has 0 radical (unpaired) electrons. The molecule has 4 aromatic rings. The molecule has 3 heterocycles. The van der Waals surface area contributed by atoms with Gasteiger partial charge in [-0.15, -0.1) is 0 Å². The van der Waals surface area contributed by atoms with Crippen LogP contribution in [0.2, 0.25) is 0 Å². The van der Waals surface area contributed by atoms with Crippen molar-refractivity contribution in [3.63, 3.8) is 0 Å². The molecule has 5 rings (SSSR count). The molecule has 33 heavy (non-hydrogen) atoms. The number of amides is 1. The van der Waals surface area contributed by atoms with Gasteiger partial charge in [0.15, 0.2) is 11.6 Å². The highest BCUT2D eigenvalue weighted by molar-refractivity contribution is 6.07. The number of carbonyl (C=O) groups is 1. The third-order valence-corrected chi connectivity index (χ3v) is 5.92. The lowest BCUT2D eigenvalue weighted by molar-refractivity contribution is 0.0986. The number of aromatic nitrogens is 3. The molecule has 0 bridgehead atoms. The molecule has 1 amide bonds. The Bertz CT molecular complexity index is 1310. The van der Waals surface area contributed by atoms with Crippen molar-refractivity contribution in [2.24, 2.45) is 0 Å². The zero-order valence-corrected chi connectivity index (χ0v) is 18.9. The normalized spacial score (nSPS) is 13.7. The van der Waals surface area contributed by atoms with E-state index in [0.717, 1.165) is 41.0 Å². The Morgan fingerprint density at radius 3 is 2.52 bits per heavy atom. The van der Waals surface area contributed by atoms with Crippen LogP contribution in [0.25, 0.3) is 11.0 Å². The second-order valence-corrected chi connectivity index (χ2v) is 8.21. The van der Waals surface area contributed by atoms with E-state index in [9.17, 15) is 4.79 Å². The van der Waals surface area contributed by atoms with Crippen LogP contribution < -0.4 is 14.5 Å². The Kier molecular flexibility index (Phi) is 5.42. The first-order valence-electron chi connectivity index (χ1n) is 11.0. The molecule has 2 aromatic carbocycles.